The number of anilines is 1. The van der Waals surface area contributed by atoms with Crippen LogP contribution in [0.3, 0.4) is 0 Å². The molecule has 2 aromatic carbocycles. The van der Waals surface area contributed by atoms with E-state index in [2.05, 4.69) is 47.7 Å². The van der Waals surface area contributed by atoms with Crippen molar-refractivity contribution in [2.24, 2.45) is 33.7 Å². The second kappa shape index (κ2) is 9.91. The molecule has 0 saturated heterocycles. The lowest BCUT2D eigenvalue weighted by Crippen LogP contribution is -2.51. The SMILES string of the molecule is C[C@]12CCC3C(CCC4=CC(=NNc5nnc(-c6ccccc6)c(-c6ccccc6)n5)CC[C@@]43C)[C@@H]1CC[C@@H]2O. The number of fused-ring (bicyclic) bond motifs is 5. The van der Waals surface area contributed by atoms with E-state index in [1.54, 1.807) is 5.57 Å². The quantitative estimate of drug-likeness (QED) is 0.344. The van der Waals surface area contributed by atoms with Gasteiger partial charge in [-0.25, -0.2) is 10.4 Å². The van der Waals surface area contributed by atoms with Crippen LogP contribution < -0.4 is 5.43 Å². The fourth-order valence-corrected chi connectivity index (χ4v) is 8.71. The molecule has 0 aliphatic heterocycles. The summed E-state index contributed by atoms with van der Waals surface area (Å²) in [7, 11) is 0. The van der Waals surface area contributed by atoms with Crippen LogP contribution in [0.2, 0.25) is 0 Å². The summed E-state index contributed by atoms with van der Waals surface area (Å²) in [6.07, 6.45) is 11.3. The molecule has 4 aliphatic carbocycles. The van der Waals surface area contributed by atoms with Crippen molar-refractivity contribution in [3.63, 3.8) is 0 Å². The molecule has 0 amide bonds. The molecular formula is C34H39N5O. The highest BCUT2D eigenvalue weighted by Gasteiger charge is 2.58. The Morgan fingerprint density at radius 3 is 2.27 bits per heavy atom. The molecule has 40 heavy (non-hydrogen) atoms. The number of nitrogens with zero attached hydrogens (tertiary/aromatic N) is 4. The van der Waals surface area contributed by atoms with Gasteiger partial charge in [-0.2, -0.15) is 5.10 Å². The van der Waals surface area contributed by atoms with E-state index in [9.17, 15) is 5.11 Å². The number of aliphatic hydroxyl groups is 1. The lowest BCUT2D eigenvalue weighted by molar-refractivity contribution is -0.0721. The zero-order valence-electron chi connectivity index (χ0n) is 23.6. The first kappa shape index (κ1) is 25.6. The molecule has 0 bridgehead atoms. The number of aliphatic hydroxyl groups excluding tert-OH is 1. The summed E-state index contributed by atoms with van der Waals surface area (Å²) in [5.74, 6) is 2.55. The molecule has 3 fully saturated rings. The maximum Gasteiger partial charge on any atom is 0.263 e. The fraction of sp³-hybridized carbons (Fsp3) is 0.471. The van der Waals surface area contributed by atoms with Gasteiger partial charge in [0.15, 0.2) is 0 Å². The van der Waals surface area contributed by atoms with Crippen LogP contribution in [0.25, 0.3) is 22.5 Å². The van der Waals surface area contributed by atoms with E-state index < -0.39 is 0 Å². The lowest BCUT2D eigenvalue weighted by Gasteiger charge is -2.57. The highest BCUT2D eigenvalue weighted by molar-refractivity contribution is 5.97. The number of nitrogens with one attached hydrogen (secondary N) is 1. The smallest absolute Gasteiger partial charge is 0.263 e. The van der Waals surface area contributed by atoms with Gasteiger partial charge in [-0.1, -0.05) is 80.1 Å². The Morgan fingerprint density at radius 1 is 0.800 bits per heavy atom. The molecular weight excluding hydrogens is 494 g/mol. The number of benzene rings is 2. The van der Waals surface area contributed by atoms with Gasteiger partial charge in [0.1, 0.15) is 11.4 Å². The molecule has 6 heteroatoms. The van der Waals surface area contributed by atoms with Crippen LogP contribution >= 0.6 is 0 Å². The molecule has 3 saturated carbocycles. The molecule has 1 aromatic heterocycles. The van der Waals surface area contributed by atoms with Crippen molar-refractivity contribution in [3.8, 4) is 22.5 Å². The third-order valence-electron chi connectivity index (χ3n) is 11.0. The summed E-state index contributed by atoms with van der Waals surface area (Å²) in [5.41, 5.74) is 9.68. The predicted octanol–water partition coefficient (Wildman–Crippen LogP) is 7.30. The van der Waals surface area contributed by atoms with Gasteiger partial charge in [0.25, 0.3) is 5.95 Å². The highest BCUT2D eigenvalue weighted by Crippen LogP contribution is 2.65. The van der Waals surface area contributed by atoms with E-state index in [-0.39, 0.29) is 16.9 Å². The number of aromatic nitrogens is 3. The summed E-state index contributed by atoms with van der Waals surface area (Å²) in [5, 5.41) is 24.5. The van der Waals surface area contributed by atoms with Crippen LogP contribution in [0.15, 0.2) is 77.4 Å². The predicted molar refractivity (Wildman–Crippen MR) is 159 cm³/mol. The van der Waals surface area contributed by atoms with E-state index in [1.807, 2.05) is 48.5 Å². The fourth-order valence-electron chi connectivity index (χ4n) is 8.71. The largest absolute Gasteiger partial charge is 0.393 e. The molecule has 1 heterocycles. The standard InChI is InChI=1S/C34H39N5O/c1-33-19-17-25(21-24(33)13-14-26-27-15-16-29(40)34(27,2)20-18-28(26)33)36-38-32-35-30(22-9-5-3-6-10-22)31(37-39-32)23-11-7-4-8-12-23/h3-12,21,26-29,40H,13-20H2,1-2H3,(H,35,38,39)/t26?,27-,28?,29-,33-,34-/m0/s1. The molecule has 0 radical (unpaired) electrons. The number of rotatable bonds is 4. The maximum absolute atomic E-state index is 10.8. The Balaban J connectivity index is 1.13. The Kier molecular flexibility index (Phi) is 6.34. The van der Waals surface area contributed by atoms with Crippen molar-refractivity contribution in [2.45, 2.75) is 71.3 Å². The Bertz CT molecular complexity index is 1450. The van der Waals surface area contributed by atoms with Gasteiger partial charge in [-0.3, -0.25) is 0 Å². The van der Waals surface area contributed by atoms with Gasteiger partial charge in [-0.05, 0) is 86.0 Å². The second-order valence-electron chi connectivity index (χ2n) is 12.9. The van der Waals surface area contributed by atoms with Crippen molar-refractivity contribution in [1.29, 1.82) is 0 Å². The van der Waals surface area contributed by atoms with Gasteiger partial charge in [0, 0.05) is 11.1 Å². The Labute approximate surface area is 237 Å². The molecule has 206 valence electrons. The first-order valence-electron chi connectivity index (χ1n) is 15.0. The lowest BCUT2D eigenvalue weighted by atomic mass is 9.47. The van der Waals surface area contributed by atoms with Gasteiger partial charge in [-0.15, -0.1) is 10.2 Å². The van der Waals surface area contributed by atoms with E-state index in [4.69, 9.17) is 10.1 Å². The molecule has 3 aromatic rings. The molecule has 6 atom stereocenters. The average molecular weight is 534 g/mol. The summed E-state index contributed by atoms with van der Waals surface area (Å²) in [6, 6.07) is 20.2. The Morgan fingerprint density at radius 2 is 1.52 bits per heavy atom. The maximum atomic E-state index is 10.8. The molecule has 2 unspecified atom stereocenters. The summed E-state index contributed by atoms with van der Waals surface area (Å²) < 4.78 is 0. The molecule has 4 aliphatic rings. The average Bonchev–Trinajstić information content (AvgIpc) is 3.30. The van der Waals surface area contributed by atoms with Crippen molar-refractivity contribution < 1.29 is 5.11 Å². The van der Waals surface area contributed by atoms with E-state index >= 15 is 0 Å². The monoisotopic (exact) mass is 533 g/mol. The van der Waals surface area contributed by atoms with Crippen molar-refractivity contribution >= 4 is 11.7 Å². The second-order valence-corrected chi connectivity index (χ2v) is 12.9. The normalized spacial score (nSPS) is 34.0. The zero-order valence-corrected chi connectivity index (χ0v) is 23.6. The zero-order chi connectivity index (χ0) is 27.3. The van der Waals surface area contributed by atoms with Crippen LogP contribution in [-0.4, -0.2) is 32.1 Å². The molecule has 6 nitrogen and oxygen atoms in total. The van der Waals surface area contributed by atoms with Gasteiger partial charge < -0.3 is 5.11 Å². The molecule has 2 N–H and O–H groups in total. The van der Waals surface area contributed by atoms with Crippen LogP contribution in [0.1, 0.15) is 65.2 Å². The first-order chi connectivity index (χ1) is 19.5. The van der Waals surface area contributed by atoms with Gasteiger partial charge in [0.05, 0.1) is 11.8 Å². The van der Waals surface area contributed by atoms with Gasteiger partial charge in [0.2, 0.25) is 0 Å². The highest BCUT2D eigenvalue weighted by atomic mass is 16.3. The number of hydrogen-bond donors (Lipinski definition) is 2. The topological polar surface area (TPSA) is 83.3 Å². The van der Waals surface area contributed by atoms with Crippen LogP contribution in [0, 0.1) is 28.6 Å². The summed E-state index contributed by atoms with van der Waals surface area (Å²) >= 11 is 0. The van der Waals surface area contributed by atoms with Gasteiger partial charge >= 0.3 is 0 Å². The number of hydrogen-bond acceptors (Lipinski definition) is 6. The van der Waals surface area contributed by atoms with Crippen LogP contribution in [0.4, 0.5) is 5.95 Å². The minimum Gasteiger partial charge on any atom is -0.393 e. The van der Waals surface area contributed by atoms with E-state index in [0.717, 1.165) is 65.7 Å². The summed E-state index contributed by atoms with van der Waals surface area (Å²) in [6.45, 7) is 4.87. The van der Waals surface area contributed by atoms with Crippen molar-refractivity contribution in [1.82, 2.24) is 15.2 Å². The third kappa shape index (κ3) is 4.19. The molecule has 7 rings (SSSR count). The summed E-state index contributed by atoms with van der Waals surface area (Å²) in [4.78, 5) is 4.86. The van der Waals surface area contributed by atoms with Crippen LogP contribution in [-0.2, 0) is 0 Å². The molecule has 0 spiro atoms. The van der Waals surface area contributed by atoms with E-state index in [0.29, 0.717) is 11.9 Å². The minimum atomic E-state index is -0.111. The van der Waals surface area contributed by atoms with Crippen molar-refractivity contribution in [2.75, 3.05) is 5.43 Å². The number of allylic oxidation sites excluding steroid dienone is 2. The van der Waals surface area contributed by atoms with Crippen molar-refractivity contribution in [3.05, 3.63) is 72.3 Å². The number of hydrazone groups is 1. The van der Waals surface area contributed by atoms with Crippen LogP contribution in [0.5, 0.6) is 0 Å². The first-order valence-corrected chi connectivity index (χ1v) is 15.0. The minimum absolute atomic E-state index is 0.111. The third-order valence-corrected chi connectivity index (χ3v) is 11.0. The Hall–Kier alpha value is -3.38. The van der Waals surface area contributed by atoms with E-state index in [1.165, 1.54) is 25.7 Å².